The van der Waals surface area contributed by atoms with Gasteiger partial charge in [-0.1, -0.05) is 41.9 Å². The summed E-state index contributed by atoms with van der Waals surface area (Å²) in [5, 5.41) is 0. The van der Waals surface area contributed by atoms with Crippen molar-refractivity contribution < 1.29 is 8.42 Å². The number of sulfonamides is 1. The minimum atomic E-state index is -3.49. The minimum Gasteiger partial charge on any atom is -0.354 e. The lowest BCUT2D eigenvalue weighted by molar-refractivity contribution is 0.385. The second kappa shape index (κ2) is 7.55. The van der Waals surface area contributed by atoms with Crippen molar-refractivity contribution >= 4 is 38.8 Å². The lowest BCUT2D eigenvalue weighted by Crippen LogP contribution is -2.48. The SMILES string of the molecule is O=S(=O)(c1ccc(Cl)s1)N1CCN(c2cc(-c3ccccc3)ncn2)CC1. The number of nitrogens with zero attached hydrogens (tertiary/aromatic N) is 4. The van der Waals surface area contributed by atoms with E-state index in [1.165, 1.54) is 4.31 Å². The van der Waals surface area contributed by atoms with Gasteiger partial charge in [-0.3, -0.25) is 0 Å². The average Bonchev–Trinajstić information content (AvgIpc) is 3.16. The molecule has 1 fully saturated rings. The Labute approximate surface area is 167 Å². The van der Waals surface area contributed by atoms with Crippen LogP contribution in [-0.2, 0) is 10.0 Å². The zero-order valence-corrected chi connectivity index (χ0v) is 16.7. The summed E-state index contributed by atoms with van der Waals surface area (Å²) in [6.07, 6.45) is 1.55. The minimum absolute atomic E-state index is 0.286. The molecule has 9 heteroatoms. The van der Waals surface area contributed by atoms with E-state index in [0.29, 0.717) is 30.5 Å². The summed E-state index contributed by atoms with van der Waals surface area (Å²) in [7, 11) is -3.49. The van der Waals surface area contributed by atoms with Crippen molar-refractivity contribution in [3.8, 4) is 11.3 Å². The monoisotopic (exact) mass is 420 g/mol. The van der Waals surface area contributed by atoms with E-state index in [1.807, 2.05) is 36.4 Å². The first-order chi connectivity index (χ1) is 13.0. The van der Waals surface area contributed by atoms with E-state index in [4.69, 9.17) is 11.6 Å². The fraction of sp³-hybridized carbons (Fsp3) is 0.222. The number of piperazine rings is 1. The highest BCUT2D eigenvalue weighted by Gasteiger charge is 2.30. The van der Waals surface area contributed by atoms with Gasteiger partial charge in [0.2, 0.25) is 0 Å². The van der Waals surface area contributed by atoms with Gasteiger partial charge in [0, 0.05) is 37.8 Å². The fourth-order valence-corrected chi connectivity index (χ4v) is 6.07. The molecule has 4 rings (SSSR count). The molecule has 27 heavy (non-hydrogen) atoms. The number of rotatable bonds is 4. The molecule has 1 aromatic carbocycles. The summed E-state index contributed by atoms with van der Waals surface area (Å²) in [5.74, 6) is 0.806. The molecule has 140 valence electrons. The number of halogens is 1. The number of hydrogen-bond acceptors (Lipinski definition) is 6. The molecule has 0 unspecified atom stereocenters. The molecule has 1 saturated heterocycles. The topological polar surface area (TPSA) is 66.4 Å². The first kappa shape index (κ1) is 18.4. The van der Waals surface area contributed by atoms with Crippen molar-refractivity contribution in [1.82, 2.24) is 14.3 Å². The molecule has 0 spiro atoms. The van der Waals surface area contributed by atoms with Crippen LogP contribution in [0.5, 0.6) is 0 Å². The normalized spacial score (nSPS) is 15.8. The van der Waals surface area contributed by atoms with E-state index < -0.39 is 10.0 Å². The molecule has 0 amide bonds. The third-order valence-corrected chi connectivity index (χ3v) is 8.02. The van der Waals surface area contributed by atoms with Gasteiger partial charge in [0.15, 0.2) is 0 Å². The third kappa shape index (κ3) is 3.84. The zero-order chi connectivity index (χ0) is 18.9. The summed E-state index contributed by atoms with van der Waals surface area (Å²) in [5.41, 5.74) is 1.88. The van der Waals surface area contributed by atoms with Crippen LogP contribution in [0, 0.1) is 0 Å². The number of aromatic nitrogens is 2. The van der Waals surface area contributed by atoms with Crippen LogP contribution >= 0.6 is 22.9 Å². The Morgan fingerprint density at radius 1 is 0.963 bits per heavy atom. The first-order valence-electron chi connectivity index (χ1n) is 8.42. The van der Waals surface area contributed by atoms with Crippen LogP contribution in [-0.4, -0.2) is 48.9 Å². The molecule has 3 heterocycles. The van der Waals surface area contributed by atoms with E-state index in [1.54, 1.807) is 18.5 Å². The zero-order valence-electron chi connectivity index (χ0n) is 14.3. The first-order valence-corrected chi connectivity index (χ1v) is 11.1. The van der Waals surface area contributed by atoms with Crippen LogP contribution in [0.15, 0.2) is 59.1 Å². The smallest absolute Gasteiger partial charge is 0.252 e. The Morgan fingerprint density at radius 3 is 2.37 bits per heavy atom. The Morgan fingerprint density at radius 2 is 1.70 bits per heavy atom. The molecule has 2 aromatic heterocycles. The molecule has 1 aliphatic rings. The lowest BCUT2D eigenvalue weighted by atomic mass is 10.1. The van der Waals surface area contributed by atoms with Crippen molar-refractivity contribution in [2.24, 2.45) is 0 Å². The summed E-state index contributed by atoms with van der Waals surface area (Å²) in [6, 6.07) is 15.0. The van der Waals surface area contributed by atoms with Crippen LogP contribution in [0.3, 0.4) is 0 Å². The number of hydrogen-bond donors (Lipinski definition) is 0. The van der Waals surface area contributed by atoms with E-state index in [2.05, 4.69) is 14.9 Å². The predicted octanol–water partition coefficient (Wildman–Crippen LogP) is 3.37. The van der Waals surface area contributed by atoms with E-state index in [0.717, 1.165) is 28.4 Å². The standard InChI is InChI=1S/C18H17ClN4O2S2/c19-16-6-7-18(26-16)27(24,25)23-10-8-22(9-11-23)17-12-15(20-13-21-17)14-4-2-1-3-5-14/h1-7,12-13H,8-11H2. The molecule has 0 radical (unpaired) electrons. The maximum absolute atomic E-state index is 12.7. The van der Waals surface area contributed by atoms with Crippen molar-refractivity contribution in [2.45, 2.75) is 4.21 Å². The van der Waals surface area contributed by atoms with Gasteiger partial charge in [-0.05, 0) is 12.1 Å². The van der Waals surface area contributed by atoms with Crippen molar-refractivity contribution in [3.05, 3.63) is 59.2 Å². The second-order valence-electron chi connectivity index (χ2n) is 6.08. The number of anilines is 1. The van der Waals surface area contributed by atoms with Gasteiger partial charge in [-0.2, -0.15) is 4.31 Å². The van der Waals surface area contributed by atoms with Crippen LogP contribution < -0.4 is 4.90 Å². The summed E-state index contributed by atoms with van der Waals surface area (Å²) in [4.78, 5) is 10.8. The molecule has 0 atom stereocenters. The van der Waals surface area contributed by atoms with Crippen LogP contribution in [0.25, 0.3) is 11.3 Å². The lowest BCUT2D eigenvalue weighted by Gasteiger charge is -2.34. The maximum atomic E-state index is 12.7. The van der Waals surface area contributed by atoms with Gasteiger partial charge < -0.3 is 4.90 Å². The van der Waals surface area contributed by atoms with Gasteiger partial charge >= 0.3 is 0 Å². The van der Waals surface area contributed by atoms with Crippen LogP contribution in [0.4, 0.5) is 5.82 Å². The third-order valence-electron chi connectivity index (χ3n) is 4.43. The van der Waals surface area contributed by atoms with Gasteiger partial charge in [-0.15, -0.1) is 11.3 Å². The largest absolute Gasteiger partial charge is 0.354 e. The quantitative estimate of drug-likeness (QED) is 0.647. The molecule has 0 aliphatic carbocycles. The Kier molecular flexibility index (Phi) is 5.14. The highest BCUT2D eigenvalue weighted by Crippen LogP contribution is 2.29. The highest BCUT2D eigenvalue weighted by molar-refractivity contribution is 7.91. The molecule has 1 aliphatic heterocycles. The Hall–Kier alpha value is -2.00. The Balaban J connectivity index is 1.48. The van der Waals surface area contributed by atoms with Gasteiger partial charge in [0.05, 0.1) is 10.0 Å². The molecule has 3 aromatic rings. The molecular weight excluding hydrogens is 404 g/mol. The molecule has 0 bridgehead atoms. The number of benzene rings is 1. The van der Waals surface area contributed by atoms with Crippen molar-refractivity contribution in [1.29, 1.82) is 0 Å². The average molecular weight is 421 g/mol. The molecule has 0 N–H and O–H groups in total. The van der Waals surface area contributed by atoms with Crippen LogP contribution in [0.1, 0.15) is 0 Å². The van der Waals surface area contributed by atoms with Gasteiger partial charge in [0.1, 0.15) is 16.4 Å². The van der Waals surface area contributed by atoms with Crippen molar-refractivity contribution in [2.75, 3.05) is 31.1 Å². The van der Waals surface area contributed by atoms with E-state index in [-0.39, 0.29) is 4.21 Å². The van der Waals surface area contributed by atoms with Gasteiger partial charge in [-0.25, -0.2) is 18.4 Å². The molecular formula is C18H17ClN4O2S2. The summed E-state index contributed by atoms with van der Waals surface area (Å²) in [6.45, 7) is 1.96. The highest BCUT2D eigenvalue weighted by atomic mass is 35.5. The predicted molar refractivity (Wildman–Crippen MR) is 108 cm³/mol. The van der Waals surface area contributed by atoms with Gasteiger partial charge in [0.25, 0.3) is 10.0 Å². The van der Waals surface area contributed by atoms with Crippen LogP contribution in [0.2, 0.25) is 4.34 Å². The molecule has 0 saturated carbocycles. The van der Waals surface area contributed by atoms with Crippen molar-refractivity contribution in [3.63, 3.8) is 0 Å². The molecule has 6 nitrogen and oxygen atoms in total. The summed E-state index contributed by atoms with van der Waals surface area (Å²) < 4.78 is 27.7. The van der Waals surface area contributed by atoms with E-state index >= 15 is 0 Å². The number of thiophene rings is 1. The fourth-order valence-electron chi connectivity index (χ4n) is 3.01. The van der Waals surface area contributed by atoms with E-state index in [9.17, 15) is 8.42 Å². The second-order valence-corrected chi connectivity index (χ2v) is 9.96. The Bertz CT molecular complexity index is 1030. The summed E-state index contributed by atoms with van der Waals surface area (Å²) >= 11 is 6.97. The maximum Gasteiger partial charge on any atom is 0.252 e.